The van der Waals surface area contributed by atoms with Gasteiger partial charge in [0.2, 0.25) is 0 Å². The fourth-order valence-corrected chi connectivity index (χ4v) is 4.10. The first-order valence-corrected chi connectivity index (χ1v) is 8.60. The first kappa shape index (κ1) is 13.8. The number of hydrogen-bond acceptors (Lipinski definition) is 5. The van der Waals surface area contributed by atoms with E-state index in [1.54, 1.807) is 22.7 Å². The van der Waals surface area contributed by atoms with Gasteiger partial charge in [0.1, 0.15) is 5.75 Å². The lowest BCUT2D eigenvalue weighted by Crippen LogP contribution is -2.16. The predicted octanol–water partition coefficient (Wildman–Crippen LogP) is 4.20. The number of fused-ring (bicyclic) bond motifs is 3. The molecule has 2 aromatic heterocycles. The van der Waals surface area contributed by atoms with Crippen molar-refractivity contribution in [3.8, 4) is 5.75 Å². The molecule has 0 saturated heterocycles. The van der Waals surface area contributed by atoms with Gasteiger partial charge in [0.05, 0.1) is 26.5 Å². The SMILES string of the molecule is CCNCCCOc1cc2sc(C)nc2c2sccc12. The van der Waals surface area contributed by atoms with Gasteiger partial charge < -0.3 is 10.1 Å². The van der Waals surface area contributed by atoms with Crippen molar-refractivity contribution in [2.24, 2.45) is 0 Å². The Balaban J connectivity index is 1.86. The molecule has 0 radical (unpaired) electrons. The minimum absolute atomic E-state index is 0.751. The lowest BCUT2D eigenvalue weighted by atomic mass is 10.2. The number of thiophene rings is 1. The van der Waals surface area contributed by atoms with E-state index in [9.17, 15) is 0 Å². The van der Waals surface area contributed by atoms with E-state index in [1.807, 2.05) is 0 Å². The third-order valence-corrected chi connectivity index (χ3v) is 5.01. The number of nitrogens with one attached hydrogen (secondary N) is 1. The van der Waals surface area contributed by atoms with Crippen molar-refractivity contribution in [1.29, 1.82) is 0 Å². The Kier molecular flexibility index (Phi) is 4.19. The Morgan fingerprint density at radius 2 is 2.30 bits per heavy atom. The molecule has 0 aliphatic rings. The molecule has 0 bridgehead atoms. The highest BCUT2D eigenvalue weighted by Crippen LogP contribution is 2.38. The van der Waals surface area contributed by atoms with Crippen LogP contribution in [0.2, 0.25) is 0 Å². The van der Waals surface area contributed by atoms with Crippen LogP contribution in [0.5, 0.6) is 5.75 Å². The van der Waals surface area contributed by atoms with Crippen LogP contribution >= 0.6 is 22.7 Å². The number of thiazole rings is 1. The number of nitrogens with zero attached hydrogens (tertiary/aromatic N) is 1. The average molecular weight is 306 g/mol. The van der Waals surface area contributed by atoms with E-state index in [4.69, 9.17) is 4.74 Å². The van der Waals surface area contributed by atoms with E-state index < -0.39 is 0 Å². The molecule has 0 unspecified atom stereocenters. The molecule has 5 heteroatoms. The lowest BCUT2D eigenvalue weighted by molar-refractivity contribution is 0.312. The molecule has 0 aliphatic carbocycles. The normalized spacial score (nSPS) is 11.5. The molecule has 1 aromatic carbocycles. The Hall–Kier alpha value is -1.17. The molecule has 0 atom stereocenters. The molecule has 106 valence electrons. The second kappa shape index (κ2) is 6.08. The summed E-state index contributed by atoms with van der Waals surface area (Å²) in [6, 6.07) is 4.27. The van der Waals surface area contributed by atoms with Gasteiger partial charge >= 0.3 is 0 Å². The highest BCUT2D eigenvalue weighted by atomic mass is 32.1. The molecular weight excluding hydrogens is 288 g/mol. The molecule has 0 saturated carbocycles. The first-order valence-electron chi connectivity index (χ1n) is 6.90. The Bertz CT molecular complexity index is 717. The maximum absolute atomic E-state index is 5.99. The number of benzene rings is 1. The van der Waals surface area contributed by atoms with Crippen LogP contribution < -0.4 is 10.1 Å². The van der Waals surface area contributed by atoms with Crippen LogP contribution in [0.1, 0.15) is 18.4 Å². The number of aromatic nitrogens is 1. The van der Waals surface area contributed by atoms with Crippen molar-refractivity contribution in [2.45, 2.75) is 20.3 Å². The first-order chi connectivity index (χ1) is 9.79. The molecule has 3 rings (SSSR count). The van der Waals surface area contributed by atoms with Crippen molar-refractivity contribution in [1.82, 2.24) is 10.3 Å². The summed E-state index contributed by atoms with van der Waals surface area (Å²) in [5.41, 5.74) is 1.12. The standard InChI is InChI=1S/C15H18N2OS2/c1-3-16-6-4-7-18-12-9-13-14(17-10(2)20-13)15-11(12)5-8-19-15/h5,8-9,16H,3-4,6-7H2,1-2H3. The lowest BCUT2D eigenvalue weighted by Gasteiger charge is -2.08. The summed E-state index contributed by atoms with van der Waals surface area (Å²) in [6.07, 6.45) is 1.03. The number of hydrogen-bond donors (Lipinski definition) is 1. The van der Waals surface area contributed by atoms with Crippen molar-refractivity contribution in [2.75, 3.05) is 19.7 Å². The van der Waals surface area contributed by atoms with Gasteiger partial charge in [0, 0.05) is 11.5 Å². The van der Waals surface area contributed by atoms with E-state index in [2.05, 4.69) is 41.7 Å². The minimum atomic E-state index is 0.751. The van der Waals surface area contributed by atoms with Crippen LogP contribution in [0.25, 0.3) is 20.3 Å². The molecule has 0 amide bonds. The van der Waals surface area contributed by atoms with Gasteiger partial charge in [-0.3, -0.25) is 0 Å². The third-order valence-electron chi connectivity index (χ3n) is 3.17. The second-order valence-corrected chi connectivity index (χ2v) is 6.82. The molecule has 0 fully saturated rings. The maximum atomic E-state index is 5.99. The third kappa shape index (κ3) is 2.66. The summed E-state index contributed by atoms with van der Waals surface area (Å²) >= 11 is 3.48. The summed E-state index contributed by atoms with van der Waals surface area (Å²) in [6.45, 7) is 6.95. The maximum Gasteiger partial charge on any atom is 0.129 e. The summed E-state index contributed by atoms with van der Waals surface area (Å²) in [5, 5.41) is 7.73. The number of aryl methyl sites for hydroxylation is 1. The zero-order valence-electron chi connectivity index (χ0n) is 11.7. The van der Waals surface area contributed by atoms with Crippen LogP contribution in [-0.2, 0) is 0 Å². The van der Waals surface area contributed by atoms with Gasteiger partial charge in [-0.15, -0.1) is 22.7 Å². The zero-order valence-corrected chi connectivity index (χ0v) is 13.4. The molecule has 20 heavy (non-hydrogen) atoms. The topological polar surface area (TPSA) is 34.1 Å². The van der Waals surface area contributed by atoms with Crippen molar-refractivity contribution < 1.29 is 4.74 Å². The summed E-state index contributed by atoms with van der Waals surface area (Å²) in [4.78, 5) is 4.64. The van der Waals surface area contributed by atoms with Crippen LogP contribution in [-0.4, -0.2) is 24.7 Å². The fourth-order valence-electron chi connectivity index (χ4n) is 2.26. The molecule has 2 heterocycles. The van der Waals surface area contributed by atoms with Crippen LogP contribution in [0.3, 0.4) is 0 Å². The fraction of sp³-hybridized carbons (Fsp3) is 0.400. The van der Waals surface area contributed by atoms with E-state index in [-0.39, 0.29) is 0 Å². The van der Waals surface area contributed by atoms with Gasteiger partial charge in [0.25, 0.3) is 0 Å². The van der Waals surface area contributed by atoms with E-state index >= 15 is 0 Å². The quantitative estimate of drug-likeness (QED) is 0.693. The minimum Gasteiger partial charge on any atom is -0.493 e. The Labute approximate surface area is 126 Å². The number of ether oxygens (including phenoxy) is 1. The largest absolute Gasteiger partial charge is 0.493 e. The Morgan fingerprint density at radius 3 is 3.15 bits per heavy atom. The van der Waals surface area contributed by atoms with E-state index in [0.717, 1.165) is 42.4 Å². The molecular formula is C15H18N2OS2. The molecule has 1 N–H and O–H groups in total. The van der Waals surface area contributed by atoms with Gasteiger partial charge in [-0.25, -0.2) is 4.98 Å². The van der Waals surface area contributed by atoms with E-state index in [1.165, 1.54) is 14.8 Å². The monoisotopic (exact) mass is 306 g/mol. The Morgan fingerprint density at radius 1 is 1.40 bits per heavy atom. The van der Waals surface area contributed by atoms with Crippen LogP contribution in [0.15, 0.2) is 17.5 Å². The van der Waals surface area contributed by atoms with Crippen molar-refractivity contribution >= 4 is 43.0 Å². The van der Waals surface area contributed by atoms with Crippen molar-refractivity contribution in [3.63, 3.8) is 0 Å². The summed E-state index contributed by atoms with van der Waals surface area (Å²) < 4.78 is 8.45. The average Bonchev–Trinajstić information content (AvgIpc) is 3.03. The molecule has 0 aliphatic heterocycles. The van der Waals surface area contributed by atoms with Crippen LogP contribution in [0, 0.1) is 6.92 Å². The zero-order chi connectivity index (χ0) is 13.9. The second-order valence-electron chi connectivity index (χ2n) is 4.67. The molecule has 3 aromatic rings. The number of rotatable bonds is 6. The highest BCUT2D eigenvalue weighted by molar-refractivity contribution is 7.21. The molecule has 0 spiro atoms. The van der Waals surface area contributed by atoms with Gasteiger partial charge in [-0.05, 0) is 37.9 Å². The molecule has 3 nitrogen and oxygen atoms in total. The summed E-state index contributed by atoms with van der Waals surface area (Å²) in [7, 11) is 0. The smallest absolute Gasteiger partial charge is 0.129 e. The van der Waals surface area contributed by atoms with Gasteiger partial charge in [-0.1, -0.05) is 6.92 Å². The highest BCUT2D eigenvalue weighted by Gasteiger charge is 2.12. The van der Waals surface area contributed by atoms with E-state index in [0.29, 0.717) is 0 Å². The van der Waals surface area contributed by atoms with Gasteiger partial charge in [0.15, 0.2) is 0 Å². The summed E-state index contributed by atoms with van der Waals surface area (Å²) in [5.74, 6) is 0.994. The van der Waals surface area contributed by atoms with Gasteiger partial charge in [-0.2, -0.15) is 0 Å². The van der Waals surface area contributed by atoms with Crippen LogP contribution in [0.4, 0.5) is 0 Å². The predicted molar refractivity (Wildman–Crippen MR) is 88.4 cm³/mol. The van der Waals surface area contributed by atoms with Crippen molar-refractivity contribution in [3.05, 3.63) is 22.5 Å².